The van der Waals surface area contributed by atoms with Crippen LogP contribution in [0.1, 0.15) is 0 Å². The van der Waals surface area contributed by atoms with E-state index in [1.807, 2.05) is 6.26 Å². The minimum atomic E-state index is -4.40. The first-order chi connectivity index (χ1) is 7.93. The molecule has 0 unspecified atom stereocenters. The van der Waals surface area contributed by atoms with Crippen molar-refractivity contribution in [3.05, 3.63) is 12.1 Å². The summed E-state index contributed by atoms with van der Waals surface area (Å²) < 4.78 is 34.0. The maximum atomic E-state index is 10.8. The first-order valence-electron chi connectivity index (χ1n) is 4.43. The lowest BCUT2D eigenvalue weighted by atomic mass is 10.4. The predicted molar refractivity (Wildman–Crippen MR) is 64.1 cm³/mol. The fraction of sp³-hybridized carbons (Fsp3) is 0.250. The summed E-state index contributed by atoms with van der Waals surface area (Å²) >= 11 is 2.34. The summed E-state index contributed by atoms with van der Waals surface area (Å²) in [5, 5.41) is 8.62. The Morgan fingerprint density at radius 2 is 2.12 bits per heavy atom. The Bertz CT molecular complexity index is 644. The van der Waals surface area contributed by atoms with Crippen LogP contribution in [0.2, 0.25) is 0 Å². The fourth-order valence-electron chi connectivity index (χ4n) is 1.28. The van der Waals surface area contributed by atoms with Gasteiger partial charge in [0, 0.05) is 7.05 Å². The highest BCUT2D eigenvalue weighted by atomic mass is 32.3. The van der Waals surface area contributed by atoms with Crippen LogP contribution in [0.5, 0.6) is 0 Å². The zero-order chi connectivity index (χ0) is 12.6. The molecular formula is C8H8N3O3S3-. The van der Waals surface area contributed by atoms with E-state index in [0.29, 0.717) is 10.7 Å². The van der Waals surface area contributed by atoms with Crippen LogP contribution in [0.15, 0.2) is 21.5 Å². The van der Waals surface area contributed by atoms with E-state index in [-0.39, 0.29) is 4.21 Å². The smallest absolute Gasteiger partial charge is 0.190 e. The molecule has 0 aliphatic heterocycles. The molecule has 92 valence electrons. The SMILES string of the molecule is CSc1nnc(-c2ccc(S(=O)(=O)[O-])s2)n1C. The average Bonchev–Trinajstić information content (AvgIpc) is 2.82. The van der Waals surface area contributed by atoms with Crippen LogP contribution in [0.4, 0.5) is 0 Å². The normalized spacial score (nSPS) is 11.9. The molecule has 17 heavy (non-hydrogen) atoms. The first kappa shape index (κ1) is 12.6. The van der Waals surface area contributed by atoms with Crippen LogP contribution >= 0.6 is 23.1 Å². The minimum Gasteiger partial charge on any atom is -0.743 e. The maximum absolute atomic E-state index is 10.8. The number of thiophene rings is 1. The monoisotopic (exact) mass is 290 g/mol. The second kappa shape index (κ2) is 4.41. The van der Waals surface area contributed by atoms with Crippen molar-refractivity contribution < 1.29 is 13.0 Å². The Morgan fingerprint density at radius 1 is 1.41 bits per heavy atom. The van der Waals surface area contributed by atoms with Crippen LogP contribution in [-0.4, -0.2) is 34.0 Å². The lowest BCUT2D eigenvalue weighted by Gasteiger charge is -2.01. The molecule has 9 heteroatoms. The summed E-state index contributed by atoms with van der Waals surface area (Å²) in [5.41, 5.74) is 0. The first-order valence-corrected chi connectivity index (χ1v) is 7.88. The molecule has 0 aliphatic rings. The molecule has 0 atom stereocenters. The molecule has 0 spiro atoms. The van der Waals surface area contributed by atoms with Crippen molar-refractivity contribution in [2.75, 3.05) is 6.26 Å². The van der Waals surface area contributed by atoms with E-state index in [4.69, 9.17) is 0 Å². The van der Waals surface area contributed by atoms with Gasteiger partial charge in [0.05, 0.1) is 4.88 Å². The molecule has 0 radical (unpaired) electrons. The number of aromatic nitrogens is 3. The van der Waals surface area contributed by atoms with Gasteiger partial charge in [-0.15, -0.1) is 21.5 Å². The van der Waals surface area contributed by atoms with E-state index in [1.54, 1.807) is 17.7 Å². The number of hydrogen-bond acceptors (Lipinski definition) is 7. The Labute approximate surface area is 106 Å². The van der Waals surface area contributed by atoms with Gasteiger partial charge in [0.25, 0.3) is 0 Å². The second-order valence-electron chi connectivity index (χ2n) is 3.14. The molecule has 0 fully saturated rings. The molecule has 2 heterocycles. The number of hydrogen-bond donors (Lipinski definition) is 0. The topological polar surface area (TPSA) is 87.9 Å². The van der Waals surface area contributed by atoms with Gasteiger partial charge in [-0.2, -0.15) is 0 Å². The molecule has 0 bridgehead atoms. The highest BCUT2D eigenvalue weighted by Crippen LogP contribution is 2.30. The number of thioether (sulfide) groups is 1. The molecule has 2 aromatic heterocycles. The van der Waals surface area contributed by atoms with Gasteiger partial charge < -0.3 is 9.12 Å². The summed E-state index contributed by atoms with van der Waals surface area (Å²) in [6, 6.07) is 2.85. The van der Waals surface area contributed by atoms with Gasteiger partial charge in [0.15, 0.2) is 11.0 Å². The molecule has 2 rings (SSSR count). The summed E-state index contributed by atoms with van der Waals surface area (Å²) in [6.07, 6.45) is 1.87. The fourth-order valence-corrected chi connectivity index (χ4v) is 3.43. The molecule has 6 nitrogen and oxygen atoms in total. The van der Waals surface area contributed by atoms with Crippen molar-refractivity contribution in [1.29, 1.82) is 0 Å². The minimum absolute atomic E-state index is 0.207. The Morgan fingerprint density at radius 3 is 2.59 bits per heavy atom. The average molecular weight is 290 g/mol. The van der Waals surface area contributed by atoms with Crippen molar-refractivity contribution in [1.82, 2.24) is 14.8 Å². The lowest BCUT2D eigenvalue weighted by molar-refractivity contribution is 0.465. The number of rotatable bonds is 3. The largest absolute Gasteiger partial charge is 0.743 e. The van der Waals surface area contributed by atoms with Crippen LogP contribution in [0.25, 0.3) is 10.7 Å². The van der Waals surface area contributed by atoms with Crippen molar-refractivity contribution in [2.45, 2.75) is 9.37 Å². The molecule has 0 saturated carbocycles. The van der Waals surface area contributed by atoms with E-state index in [9.17, 15) is 13.0 Å². The van der Waals surface area contributed by atoms with Crippen LogP contribution in [0.3, 0.4) is 0 Å². The Balaban J connectivity index is 2.47. The van der Waals surface area contributed by atoms with Gasteiger partial charge in [0.1, 0.15) is 14.3 Å². The highest BCUT2D eigenvalue weighted by molar-refractivity contribution is 7.98. The molecule has 0 saturated heterocycles. The zero-order valence-corrected chi connectivity index (χ0v) is 11.4. The van der Waals surface area contributed by atoms with Crippen LogP contribution < -0.4 is 0 Å². The molecule has 0 N–H and O–H groups in total. The Hall–Kier alpha value is -0.900. The van der Waals surface area contributed by atoms with E-state index in [0.717, 1.165) is 16.5 Å². The quantitative estimate of drug-likeness (QED) is 0.623. The number of nitrogens with zero attached hydrogens (tertiary/aromatic N) is 3. The van der Waals surface area contributed by atoms with Gasteiger partial charge in [-0.1, -0.05) is 11.8 Å². The molecule has 0 aromatic carbocycles. The van der Waals surface area contributed by atoms with Crippen LogP contribution in [0, 0.1) is 0 Å². The summed E-state index contributed by atoms with van der Waals surface area (Å²) in [4.78, 5) is 0.606. The van der Waals surface area contributed by atoms with Gasteiger partial charge in [0.2, 0.25) is 0 Å². The van der Waals surface area contributed by atoms with Crippen LogP contribution in [-0.2, 0) is 17.2 Å². The zero-order valence-electron chi connectivity index (χ0n) is 8.95. The van der Waals surface area contributed by atoms with Gasteiger partial charge in [-0.3, -0.25) is 0 Å². The van der Waals surface area contributed by atoms with Gasteiger partial charge in [-0.05, 0) is 18.4 Å². The summed E-state index contributed by atoms with van der Waals surface area (Å²) in [6.45, 7) is 0. The van der Waals surface area contributed by atoms with Gasteiger partial charge in [-0.25, -0.2) is 8.42 Å². The van der Waals surface area contributed by atoms with Gasteiger partial charge >= 0.3 is 0 Å². The molecule has 0 aliphatic carbocycles. The predicted octanol–water partition coefficient (Wildman–Crippen LogP) is 1.17. The molecule has 0 amide bonds. The summed E-state index contributed by atoms with van der Waals surface area (Å²) in [7, 11) is -2.61. The molecular weight excluding hydrogens is 282 g/mol. The Kier molecular flexibility index (Phi) is 3.25. The molecule has 2 aromatic rings. The third kappa shape index (κ3) is 2.37. The van der Waals surface area contributed by atoms with Crippen molar-refractivity contribution in [3.63, 3.8) is 0 Å². The highest BCUT2D eigenvalue weighted by Gasteiger charge is 2.14. The van der Waals surface area contributed by atoms with E-state index in [2.05, 4.69) is 10.2 Å². The second-order valence-corrected chi connectivity index (χ2v) is 6.61. The van der Waals surface area contributed by atoms with Crippen molar-refractivity contribution in [2.24, 2.45) is 7.05 Å². The lowest BCUT2D eigenvalue weighted by Crippen LogP contribution is -1.94. The maximum Gasteiger partial charge on any atom is 0.190 e. The van der Waals surface area contributed by atoms with Crippen molar-refractivity contribution >= 4 is 33.2 Å². The third-order valence-electron chi connectivity index (χ3n) is 2.07. The third-order valence-corrected chi connectivity index (χ3v) is 5.15. The van der Waals surface area contributed by atoms with Crippen molar-refractivity contribution in [3.8, 4) is 10.7 Å². The standard InChI is InChI=1S/C8H9N3O3S3/c1-11-7(9-10-8(11)15-2)5-3-4-6(16-5)17(12,13)14/h3-4H,1-2H3,(H,12,13,14)/p-1. The van der Waals surface area contributed by atoms with E-state index >= 15 is 0 Å². The van der Waals surface area contributed by atoms with E-state index in [1.165, 1.54) is 17.8 Å². The van der Waals surface area contributed by atoms with E-state index < -0.39 is 10.1 Å². The summed E-state index contributed by atoms with van der Waals surface area (Å²) in [5.74, 6) is 0.550.